The molecule has 106 valence electrons. The van der Waals surface area contributed by atoms with Gasteiger partial charge in [-0.1, -0.05) is 37.5 Å². The maximum atomic E-state index is 12.0. The van der Waals surface area contributed by atoms with E-state index in [0.717, 1.165) is 37.0 Å². The highest BCUT2D eigenvalue weighted by Crippen LogP contribution is 2.10. The average Bonchev–Trinajstić information content (AvgIpc) is 2.37. The SMILES string of the molecule is CCCCC/C(C)=N/NS(=O)(=O)c1ccc(C)cc1. The molecule has 0 radical (unpaired) electrons. The average molecular weight is 282 g/mol. The molecule has 0 unspecified atom stereocenters. The topological polar surface area (TPSA) is 58.5 Å². The van der Waals surface area contributed by atoms with Crippen LogP contribution in [0.2, 0.25) is 0 Å². The molecule has 1 rings (SSSR count). The smallest absolute Gasteiger partial charge is 0.200 e. The van der Waals surface area contributed by atoms with E-state index in [9.17, 15) is 8.42 Å². The molecule has 0 atom stereocenters. The maximum Gasteiger partial charge on any atom is 0.276 e. The first kappa shape index (κ1) is 15.7. The first-order valence-corrected chi connectivity index (χ1v) is 8.05. The van der Waals surface area contributed by atoms with Crippen LogP contribution in [0.5, 0.6) is 0 Å². The second-order valence-corrected chi connectivity index (χ2v) is 6.37. The molecule has 1 aromatic rings. The summed E-state index contributed by atoms with van der Waals surface area (Å²) in [5, 5.41) is 3.95. The van der Waals surface area contributed by atoms with E-state index in [1.54, 1.807) is 24.3 Å². The predicted molar refractivity (Wildman–Crippen MR) is 78.8 cm³/mol. The van der Waals surface area contributed by atoms with Crippen molar-refractivity contribution in [3.63, 3.8) is 0 Å². The lowest BCUT2D eigenvalue weighted by atomic mass is 10.1. The molecule has 0 aliphatic heterocycles. The van der Waals surface area contributed by atoms with E-state index < -0.39 is 10.0 Å². The molecule has 0 saturated carbocycles. The fourth-order valence-corrected chi connectivity index (χ4v) is 2.47. The number of unbranched alkanes of at least 4 members (excludes halogenated alkanes) is 2. The van der Waals surface area contributed by atoms with Gasteiger partial charge in [-0.2, -0.15) is 13.5 Å². The van der Waals surface area contributed by atoms with Crippen molar-refractivity contribution in [2.24, 2.45) is 5.10 Å². The number of hydrogen-bond donors (Lipinski definition) is 1. The first-order valence-electron chi connectivity index (χ1n) is 6.57. The summed E-state index contributed by atoms with van der Waals surface area (Å²) in [4.78, 5) is 2.52. The Morgan fingerprint density at radius 3 is 2.42 bits per heavy atom. The van der Waals surface area contributed by atoms with Crippen molar-refractivity contribution in [1.82, 2.24) is 4.83 Å². The van der Waals surface area contributed by atoms with Gasteiger partial charge in [0.05, 0.1) is 4.90 Å². The van der Waals surface area contributed by atoms with Crippen molar-refractivity contribution < 1.29 is 8.42 Å². The molecular formula is C14H22N2O2S. The van der Waals surface area contributed by atoms with Crippen molar-refractivity contribution >= 4 is 15.7 Å². The number of hydrogen-bond acceptors (Lipinski definition) is 3. The summed E-state index contributed by atoms with van der Waals surface area (Å²) in [5.41, 5.74) is 1.84. The summed E-state index contributed by atoms with van der Waals surface area (Å²) in [5.74, 6) is 0. The third kappa shape index (κ3) is 5.42. The van der Waals surface area contributed by atoms with Crippen LogP contribution in [0, 0.1) is 6.92 Å². The minimum absolute atomic E-state index is 0.239. The zero-order valence-electron chi connectivity index (χ0n) is 11.8. The van der Waals surface area contributed by atoms with E-state index in [2.05, 4.69) is 16.9 Å². The van der Waals surface area contributed by atoms with Crippen LogP contribution >= 0.6 is 0 Å². The number of sulfonamides is 1. The Bertz CT molecular complexity index is 519. The van der Waals surface area contributed by atoms with E-state index in [-0.39, 0.29) is 4.90 Å². The van der Waals surface area contributed by atoms with Crippen molar-refractivity contribution in [2.45, 2.75) is 51.3 Å². The number of nitrogens with one attached hydrogen (secondary N) is 1. The van der Waals surface area contributed by atoms with Gasteiger partial charge in [-0.05, 0) is 38.8 Å². The molecule has 0 amide bonds. The second kappa shape index (κ2) is 7.28. The Kier molecular flexibility index (Phi) is 6.02. The van der Waals surface area contributed by atoms with Gasteiger partial charge in [0, 0.05) is 5.71 Å². The van der Waals surface area contributed by atoms with Gasteiger partial charge in [-0.25, -0.2) is 4.83 Å². The van der Waals surface area contributed by atoms with Gasteiger partial charge >= 0.3 is 0 Å². The highest BCUT2D eigenvalue weighted by Gasteiger charge is 2.12. The van der Waals surface area contributed by atoms with Crippen molar-refractivity contribution in [2.75, 3.05) is 0 Å². The molecular weight excluding hydrogens is 260 g/mol. The zero-order valence-corrected chi connectivity index (χ0v) is 12.6. The van der Waals surface area contributed by atoms with Crippen LogP contribution in [-0.2, 0) is 10.0 Å². The Hall–Kier alpha value is -1.36. The number of benzene rings is 1. The quantitative estimate of drug-likeness (QED) is 0.474. The van der Waals surface area contributed by atoms with Gasteiger partial charge in [0.2, 0.25) is 0 Å². The molecule has 4 nitrogen and oxygen atoms in total. The molecule has 0 bridgehead atoms. The standard InChI is InChI=1S/C14H22N2O2S/c1-4-5-6-7-13(3)15-16-19(17,18)14-10-8-12(2)9-11-14/h8-11,16H,4-7H2,1-3H3/b15-13+. The minimum atomic E-state index is -3.54. The molecule has 19 heavy (non-hydrogen) atoms. The monoisotopic (exact) mass is 282 g/mol. The summed E-state index contributed by atoms with van der Waals surface area (Å²) in [7, 11) is -3.54. The van der Waals surface area contributed by atoms with Crippen molar-refractivity contribution in [3.05, 3.63) is 29.8 Å². The van der Waals surface area contributed by atoms with Crippen molar-refractivity contribution in [3.8, 4) is 0 Å². The van der Waals surface area contributed by atoms with Crippen LogP contribution in [0.4, 0.5) is 0 Å². The molecule has 5 heteroatoms. The number of nitrogens with zero attached hydrogens (tertiary/aromatic N) is 1. The lowest BCUT2D eigenvalue weighted by molar-refractivity contribution is 0.584. The third-order valence-electron chi connectivity index (χ3n) is 2.83. The molecule has 1 N–H and O–H groups in total. The highest BCUT2D eigenvalue weighted by atomic mass is 32.2. The van der Waals surface area contributed by atoms with E-state index in [0.29, 0.717) is 0 Å². The summed E-state index contributed by atoms with van der Waals surface area (Å²) in [6.45, 7) is 5.89. The zero-order chi connectivity index (χ0) is 14.3. The molecule has 0 aromatic heterocycles. The van der Waals surface area contributed by atoms with Gasteiger partial charge in [0.15, 0.2) is 0 Å². The Morgan fingerprint density at radius 2 is 1.84 bits per heavy atom. The van der Waals surface area contributed by atoms with Gasteiger partial charge in [-0.15, -0.1) is 0 Å². The third-order valence-corrected chi connectivity index (χ3v) is 4.05. The lowest BCUT2D eigenvalue weighted by Crippen LogP contribution is -2.19. The Morgan fingerprint density at radius 1 is 1.21 bits per heavy atom. The Labute approximate surface area is 116 Å². The summed E-state index contributed by atoms with van der Waals surface area (Å²) >= 11 is 0. The molecule has 0 aliphatic carbocycles. The molecule has 0 spiro atoms. The van der Waals surface area contributed by atoms with E-state index in [1.807, 2.05) is 13.8 Å². The first-order chi connectivity index (χ1) is 8.95. The molecule has 0 saturated heterocycles. The summed E-state index contributed by atoms with van der Waals surface area (Å²) in [6, 6.07) is 6.71. The van der Waals surface area contributed by atoms with Gasteiger partial charge in [-0.3, -0.25) is 0 Å². The molecule has 0 heterocycles. The second-order valence-electron chi connectivity index (χ2n) is 4.71. The summed E-state index contributed by atoms with van der Waals surface area (Å²) in [6.07, 6.45) is 4.14. The van der Waals surface area contributed by atoms with Gasteiger partial charge in [0.1, 0.15) is 0 Å². The number of hydrazone groups is 1. The minimum Gasteiger partial charge on any atom is -0.200 e. The van der Waals surface area contributed by atoms with Crippen LogP contribution in [0.1, 0.15) is 45.1 Å². The van der Waals surface area contributed by atoms with E-state index >= 15 is 0 Å². The van der Waals surface area contributed by atoms with E-state index in [4.69, 9.17) is 0 Å². The molecule has 1 aromatic carbocycles. The van der Waals surface area contributed by atoms with Crippen molar-refractivity contribution in [1.29, 1.82) is 0 Å². The van der Waals surface area contributed by atoms with Crippen LogP contribution in [-0.4, -0.2) is 14.1 Å². The maximum absolute atomic E-state index is 12.0. The highest BCUT2D eigenvalue weighted by molar-refractivity contribution is 7.89. The van der Waals surface area contributed by atoms with Crippen LogP contribution in [0.3, 0.4) is 0 Å². The number of rotatable bonds is 7. The van der Waals surface area contributed by atoms with Crippen LogP contribution < -0.4 is 4.83 Å². The molecule has 0 fully saturated rings. The normalized spacial score (nSPS) is 12.5. The van der Waals surface area contributed by atoms with Crippen LogP contribution in [0.25, 0.3) is 0 Å². The Balaban J connectivity index is 2.64. The van der Waals surface area contributed by atoms with E-state index in [1.165, 1.54) is 0 Å². The largest absolute Gasteiger partial charge is 0.276 e. The van der Waals surface area contributed by atoms with Crippen LogP contribution in [0.15, 0.2) is 34.3 Å². The molecule has 0 aliphatic rings. The fourth-order valence-electron chi connectivity index (χ4n) is 1.59. The fraction of sp³-hybridized carbons (Fsp3) is 0.500. The number of aryl methyl sites for hydroxylation is 1. The van der Waals surface area contributed by atoms with Gasteiger partial charge in [0.25, 0.3) is 10.0 Å². The predicted octanol–water partition coefficient (Wildman–Crippen LogP) is 3.23. The van der Waals surface area contributed by atoms with Gasteiger partial charge < -0.3 is 0 Å². The summed E-state index contributed by atoms with van der Waals surface area (Å²) < 4.78 is 23.9. The lowest BCUT2D eigenvalue weighted by Gasteiger charge is -2.05.